The molecule has 0 fully saturated rings. The number of nitrogens with one attached hydrogen (secondary N) is 2. The van der Waals surface area contributed by atoms with Gasteiger partial charge >= 0.3 is 18.0 Å². The molecule has 0 saturated heterocycles. The molecule has 0 atom stereocenters. The predicted octanol–water partition coefficient (Wildman–Crippen LogP) is 3.56. The Morgan fingerprint density at radius 2 is 1.65 bits per heavy atom. The standard InChI is InChI=1S/C24H23N3O6S/c1-2-32-23(30)20-18(16-6-4-3-5-7-16)14-34-21(20)27-19(28)13-33-22(29)17-10-8-15(9-11-17)12-26-24(25)31/h3-11,14H,2,12-13H2,1H3,(H,27,28)(H3,25,26,31). The van der Waals surface area contributed by atoms with E-state index in [2.05, 4.69) is 10.6 Å². The molecule has 4 N–H and O–H groups in total. The van der Waals surface area contributed by atoms with E-state index in [9.17, 15) is 19.2 Å². The Morgan fingerprint density at radius 1 is 0.941 bits per heavy atom. The Bertz CT molecular complexity index is 1180. The summed E-state index contributed by atoms with van der Waals surface area (Å²) in [5.74, 6) is -1.84. The molecule has 176 valence electrons. The molecule has 0 spiro atoms. The number of esters is 2. The van der Waals surface area contributed by atoms with Gasteiger partial charge in [-0.3, -0.25) is 4.79 Å². The third-order valence-electron chi connectivity index (χ3n) is 4.60. The van der Waals surface area contributed by atoms with Crippen LogP contribution in [0, 0.1) is 0 Å². The quantitative estimate of drug-likeness (QED) is 0.400. The van der Waals surface area contributed by atoms with Crippen LogP contribution in [0.15, 0.2) is 60.0 Å². The van der Waals surface area contributed by atoms with Crippen LogP contribution in [0.3, 0.4) is 0 Å². The summed E-state index contributed by atoms with van der Waals surface area (Å²) < 4.78 is 10.3. The van der Waals surface area contributed by atoms with E-state index in [0.29, 0.717) is 10.6 Å². The van der Waals surface area contributed by atoms with Gasteiger partial charge in [0.05, 0.1) is 12.2 Å². The number of carbonyl (C=O) groups excluding carboxylic acids is 4. The van der Waals surface area contributed by atoms with Crippen LogP contribution in [0.5, 0.6) is 0 Å². The third kappa shape index (κ3) is 6.42. The lowest BCUT2D eigenvalue weighted by Crippen LogP contribution is -2.28. The summed E-state index contributed by atoms with van der Waals surface area (Å²) >= 11 is 1.18. The molecule has 3 amide bonds. The highest BCUT2D eigenvalue weighted by atomic mass is 32.1. The van der Waals surface area contributed by atoms with Crippen molar-refractivity contribution in [3.63, 3.8) is 0 Å². The van der Waals surface area contributed by atoms with Crippen molar-refractivity contribution >= 4 is 40.2 Å². The van der Waals surface area contributed by atoms with Gasteiger partial charge in [0.25, 0.3) is 5.91 Å². The molecule has 0 unspecified atom stereocenters. The van der Waals surface area contributed by atoms with Crippen molar-refractivity contribution in [2.45, 2.75) is 13.5 Å². The number of benzene rings is 2. The van der Waals surface area contributed by atoms with Gasteiger partial charge in [-0.15, -0.1) is 11.3 Å². The number of hydrogen-bond acceptors (Lipinski definition) is 7. The number of ether oxygens (including phenoxy) is 2. The molecule has 0 aliphatic heterocycles. The molecule has 3 rings (SSSR count). The summed E-state index contributed by atoms with van der Waals surface area (Å²) in [7, 11) is 0. The zero-order valence-electron chi connectivity index (χ0n) is 18.3. The highest BCUT2D eigenvalue weighted by Crippen LogP contribution is 2.36. The van der Waals surface area contributed by atoms with Crippen molar-refractivity contribution < 1.29 is 28.7 Å². The number of amides is 3. The Balaban J connectivity index is 1.64. The molecular weight excluding hydrogens is 458 g/mol. The second kappa shape index (κ2) is 11.6. The van der Waals surface area contributed by atoms with Gasteiger partial charge in [0.2, 0.25) is 0 Å². The molecule has 0 aliphatic carbocycles. The van der Waals surface area contributed by atoms with E-state index in [0.717, 1.165) is 11.1 Å². The fraction of sp³-hybridized carbons (Fsp3) is 0.167. The number of rotatable bonds is 9. The van der Waals surface area contributed by atoms with Gasteiger partial charge in [0, 0.05) is 17.5 Å². The van der Waals surface area contributed by atoms with E-state index in [1.165, 1.54) is 23.5 Å². The molecule has 1 aromatic heterocycles. The lowest BCUT2D eigenvalue weighted by atomic mass is 10.0. The zero-order valence-corrected chi connectivity index (χ0v) is 19.1. The highest BCUT2D eigenvalue weighted by Gasteiger charge is 2.23. The van der Waals surface area contributed by atoms with Crippen LogP contribution in [-0.2, 0) is 20.8 Å². The molecule has 2 aromatic carbocycles. The zero-order chi connectivity index (χ0) is 24.5. The minimum Gasteiger partial charge on any atom is -0.462 e. The summed E-state index contributed by atoms with van der Waals surface area (Å²) in [6.07, 6.45) is 0. The van der Waals surface area contributed by atoms with Crippen LogP contribution < -0.4 is 16.4 Å². The molecule has 0 bridgehead atoms. The van der Waals surface area contributed by atoms with E-state index >= 15 is 0 Å². The Labute approximate surface area is 199 Å². The molecule has 1 heterocycles. The SMILES string of the molecule is CCOC(=O)c1c(-c2ccccc2)csc1NC(=O)COC(=O)c1ccc(CNC(N)=O)cc1. The predicted molar refractivity (Wildman–Crippen MR) is 127 cm³/mol. The highest BCUT2D eigenvalue weighted by molar-refractivity contribution is 7.15. The van der Waals surface area contributed by atoms with Gasteiger partial charge < -0.3 is 25.8 Å². The average molecular weight is 482 g/mol. The fourth-order valence-corrected chi connectivity index (χ4v) is 3.98. The minimum atomic E-state index is -0.689. The maximum absolute atomic E-state index is 12.6. The van der Waals surface area contributed by atoms with Crippen molar-refractivity contribution in [1.82, 2.24) is 5.32 Å². The molecule has 3 aromatic rings. The van der Waals surface area contributed by atoms with Crippen LogP contribution in [0.1, 0.15) is 33.2 Å². The molecular formula is C24H23N3O6S. The van der Waals surface area contributed by atoms with Crippen molar-refractivity contribution in [2.24, 2.45) is 5.73 Å². The summed E-state index contributed by atoms with van der Waals surface area (Å²) in [5, 5.41) is 7.15. The first kappa shape index (κ1) is 24.5. The largest absolute Gasteiger partial charge is 0.462 e. The van der Waals surface area contributed by atoms with Crippen molar-refractivity contribution in [2.75, 3.05) is 18.5 Å². The molecule has 10 heteroatoms. The summed E-state index contributed by atoms with van der Waals surface area (Å²) in [5.41, 5.74) is 7.71. The van der Waals surface area contributed by atoms with Gasteiger partial charge in [0.1, 0.15) is 10.6 Å². The third-order valence-corrected chi connectivity index (χ3v) is 5.49. The number of nitrogens with two attached hydrogens (primary N) is 1. The summed E-state index contributed by atoms with van der Waals surface area (Å²) in [6.45, 7) is 1.57. The van der Waals surface area contributed by atoms with E-state index < -0.39 is 30.5 Å². The van der Waals surface area contributed by atoms with Gasteiger partial charge in [-0.25, -0.2) is 14.4 Å². The number of hydrogen-bond donors (Lipinski definition) is 3. The Hall–Kier alpha value is -4.18. The monoisotopic (exact) mass is 481 g/mol. The number of anilines is 1. The van der Waals surface area contributed by atoms with Crippen LogP contribution in [0.25, 0.3) is 11.1 Å². The molecule has 34 heavy (non-hydrogen) atoms. The number of urea groups is 1. The van der Waals surface area contributed by atoms with E-state index in [-0.39, 0.29) is 24.3 Å². The minimum absolute atomic E-state index is 0.186. The number of thiophene rings is 1. The topological polar surface area (TPSA) is 137 Å². The van der Waals surface area contributed by atoms with Crippen LogP contribution in [0.2, 0.25) is 0 Å². The van der Waals surface area contributed by atoms with E-state index in [1.807, 2.05) is 30.3 Å². The van der Waals surface area contributed by atoms with Crippen LogP contribution in [-0.4, -0.2) is 37.1 Å². The normalized spacial score (nSPS) is 10.3. The summed E-state index contributed by atoms with van der Waals surface area (Å²) in [6, 6.07) is 14.9. The van der Waals surface area contributed by atoms with Crippen LogP contribution in [0.4, 0.5) is 9.80 Å². The van der Waals surface area contributed by atoms with Crippen molar-refractivity contribution in [3.8, 4) is 11.1 Å². The van der Waals surface area contributed by atoms with Crippen LogP contribution >= 0.6 is 11.3 Å². The molecule has 0 saturated carbocycles. The second-order valence-electron chi connectivity index (χ2n) is 6.98. The van der Waals surface area contributed by atoms with E-state index in [1.54, 1.807) is 24.4 Å². The van der Waals surface area contributed by atoms with Crippen molar-refractivity contribution in [1.29, 1.82) is 0 Å². The van der Waals surface area contributed by atoms with Gasteiger partial charge in [0.15, 0.2) is 6.61 Å². The second-order valence-corrected chi connectivity index (χ2v) is 7.86. The lowest BCUT2D eigenvalue weighted by Gasteiger charge is -2.09. The number of carbonyl (C=O) groups is 4. The maximum Gasteiger partial charge on any atom is 0.341 e. The Morgan fingerprint density at radius 3 is 2.29 bits per heavy atom. The van der Waals surface area contributed by atoms with Gasteiger partial charge in [-0.2, -0.15) is 0 Å². The first-order valence-electron chi connectivity index (χ1n) is 10.3. The Kier molecular flexibility index (Phi) is 8.36. The molecule has 0 aliphatic rings. The first-order chi connectivity index (χ1) is 16.4. The first-order valence-corrected chi connectivity index (χ1v) is 11.2. The molecule has 9 nitrogen and oxygen atoms in total. The van der Waals surface area contributed by atoms with Crippen molar-refractivity contribution in [3.05, 3.63) is 76.7 Å². The smallest absolute Gasteiger partial charge is 0.341 e. The van der Waals surface area contributed by atoms with Gasteiger partial charge in [-0.05, 0) is 30.2 Å². The lowest BCUT2D eigenvalue weighted by molar-refractivity contribution is -0.119. The van der Waals surface area contributed by atoms with E-state index in [4.69, 9.17) is 15.2 Å². The average Bonchev–Trinajstić information content (AvgIpc) is 3.25. The number of primary amides is 1. The van der Waals surface area contributed by atoms with Gasteiger partial charge in [-0.1, -0.05) is 42.5 Å². The fourth-order valence-electron chi connectivity index (χ4n) is 3.01. The molecule has 0 radical (unpaired) electrons. The maximum atomic E-state index is 12.6. The summed E-state index contributed by atoms with van der Waals surface area (Å²) in [4.78, 5) is 48.1.